The third kappa shape index (κ3) is 5.10. The van der Waals surface area contributed by atoms with Crippen molar-refractivity contribution in [1.82, 2.24) is 20.2 Å². The monoisotopic (exact) mass is 490 g/mol. The van der Waals surface area contributed by atoms with Crippen LogP contribution in [0, 0.1) is 0 Å². The molecule has 2 N–H and O–H groups in total. The van der Waals surface area contributed by atoms with Crippen LogP contribution in [-0.2, 0) is 16.9 Å². The van der Waals surface area contributed by atoms with E-state index in [-0.39, 0.29) is 11.4 Å². The highest BCUT2D eigenvalue weighted by molar-refractivity contribution is 7.17. The van der Waals surface area contributed by atoms with Crippen LogP contribution in [0.25, 0.3) is 10.6 Å². The number of carboxylic acid groups (broad SMARTS) is 1. The maximum Gasteiger partial charge on any atom is 0.490 e. The summed E-state index contributed by atoms with van der Waals surface area (Å²) in [5.74, 6) is -2.72. The number of pyridine rings is 1. The number of nitrogens with one attached hydrogen (secondary N) is 1. The molecular formula is C23H21F3N4O3S. The van der Waals surface area contributed by atoms with Crippen molar-refractivity contribution in [2.75, 3.05) is 13.1 Å². The topological polar surface area (TPSA) is 95.4 Å². The number of aromatic nitrogens is 2. The van der Waals surface area contributed by atoms with E-state index in [0.717, 1.165) is 53.6 Å². The molecule has 2 aliphatic heterocycles. The van der Waals surface area contributed by atoms with Crippen LogP contribution in [0.4, 0.5) is 13.2 Å². The fourth-order valence-electron chi connectivity index (χ4n) is 4.04. The first-order valence-electron chi connectivity index (χ1n) is 10.5. The van der Waals surface area contributed by atoms with Crippen molar-refractivity contribution in [2.45, 2.75) is 31.1 Å². The first kappa shape index (κ1) is 23.8. The van der Waals surface area contributed by atoms with Gasteiger partial charge in [0.15, 0.2) is 0 Å². The van der Waals surface area contributed by atoms with Crippen molar-refractivity contribution < 1.29 is 27.9 Å². The Hall–Kier alpha value is -3.31. The van der Waals surface area contributed by atoms with Crippen LogP contribution in [0.5, 0.6) is 0 Å². The zero-order valence-electron chi connectivity index (χ0n) is 17.9. The van der Waals surface area contributed by atoms with E-state index in [1.165, 1.54) is 16.9 Å². The molecule has 2 aliphatic rings. The maximum absolute atomic E-state index is 12.6. The maximum atomic E-state index is 12.6. The molecule has 4 heterocycles. The van der Waals surface area contributed by atoms with Gasteiger partial charge in [-0.25, -0.2) is 9.78 Å². The Kier molecular flexibility index (Phi) is 6.67. The number of fused-ring (bicyclic) bond motifs is 2. The van der Waals surface area contributed by atoms with Crippen LogP contribution in [0.15, 0.2) is 54.9 Å². The SMILES string of the molecule is O=C(O)C(F)(F)F.O=C1NC2(CCN(Cc3cccnc3)CC2)c2nc(-c3ccccc3)sc21. The van der Waals surface area contributed by atoms with Gasteiger partial charge in [-0.2, -0.15) is 13.2 Å². The summed E-state index contributed by atoms with van der Waals surface area (Å²) in [6.45, 7) is 2.77. The van der Waals surface area contributed by atoms with Gasteiger partial charge in [0.2, 0.25) is 0 Å². The Balaban J connectivity index is 0.000000344. The third-order valence-corrected chi connectivity index (χ3v) is 6.84. The fraction of sp³-hybridized carbons (Fsp3) is 0.304. The molecule has 3 aromatic rings. The van der Waals surface area contributed by atoms with Gasteiger partial charge in [0, 0.05) is 37.6 Å². The fourth-order valence-corrected chi connectivity index (χ4v) is 5.11. The molecule has 11 heteroatoms. The van der Waals surface area contributed by atoms with Crippen molar-refractivity contribution in [2.24, 2.45) is 0 Å². The lowest BCUT2D eigenvalue weighted by molar-refractivity contribution is -0.192. The van der Waals surface area contributed by atoms with Crippen molar-refractivity contribution in [1.29, 1.82) is 0 Å². The van der Waals surface area contributed by atoms with Crippen molar-refractivity contribution in [3.8, 4) is 10.6 Å². The van der Waals surface area contributed by atoms with Gasteiger partial charge in [0.05, 0.1) is 11.2 Å². The van der Waals surface area contributed by atoms with E-state index in [0.29, 0.717) is 0 Å². The van der Waals surface area contributed by atoms with Gasteiger partial charge in [-0.15, -0.1) is 11.3 Å². The van der Waals surface area contributed by atoms with Crippen LogP contribution in [0.1, 0.15) is 33.8 Å². The van der Waals surface area contributed by atoms with Gasteiger partial charge >= 0.3 is 12.1 Å². The lowest BCUT2D eigenvalue weighted by Gasteiger charge is -2.38. The van der Waals surface area contributed by atoms with Crippen LogP contribution >= 0.6 is 11.3 Å². The van der Waals surface area contributed by atoms with Crippen LogP contribution < -0.4 is 5.32 Å². The first-order chi connectivity index (χ1) is 16.2. The summed E-state index contributed by atoms with van der Waals surface area (Å²) >= 11 is 1.51. The lowest BCUT2D eigenvalue weighted by Crippen LogP contribution is -2.49. The molecule has 0 bridgehead atoms. The smallest absolute Gasteiger partial charge is 0.475 e. The number of likely N-dealkylation sites (tertiary alicyclic amines) is 1. The molecule has 0 atom stereocenters. The number of hydrogen-bond acceptors (Lipinski definition) is 6. The molecular weight excluding hydrogens is 469 g/mol. The Labute approximate surface area is 197 Å². The minimum Gasteiger partial charge on any atom is -0.475 e. The molecule has 1 fully saturated rings. The molecule has 0 unspecified atom stereocenters. The van der Waals surface area contributed by atoms with E-state index in [2.05, 4.69) is 33.4 Å². The minimum atomic E-state index is -5.08. The van der Waals surface area contributed by atoms with E-state index >= 15 is 0 Å². The second kappa shape index (κ2) is 9.51. The summed E-state index contributed by atoms with van der Waals surface area (Å²) in [7, 11) is 0. The zero-order valence-corrected chi connectivity index (χ0v) is 18.7. The number of carbonyl (C=O) groups excluding carboxylic acids is 1. The third-order valence-electron chi connectivity index (χ3n) is 5.74. The zero-order chi connectivity index (χ0) is 24.3. The number of alkyl halides is 3. The van der Waals surface area contributed by atoms with Crippen molar-refractivity contribution in [3.63, 3.8) is 0 Å². The molecule has 0 saturated carbocycles. The molecule has 7 nitrogen and oxygen atoms in total. The quantitative estimate of drug-likeness (QED) is 0.575. The summed E-state index contributed by atoms with van der Waals surface area (Å²) in [6.07, 6.45) is 0.428. The predicted octanol–water partition coefficient (Wildman–Crippen LogP) is 4.07. The van der Waals surface area contributed by atoms with Gasteiger partial charge in [-0.05, 0) is 24.5 Å². The van der Waals surface area contributed by atoms with Gasteiger partial charge in [-0.3, -0.25) is 14.7 Å². The second-order valence-electron chi connectivity index (χ2n) is 8.04. The highest BCUT2D eigenvalue weighted by Gasteiger charge is 2.47. The largest absolute Gasteiger partial charge is 0.490 e. The van der Waals surface area contributed by atoms with Gasteiger partial charge in [-0.1, -0.05) is 36.4 Å². The van der Waals surface area contributed by atoms with Gasteiger partial charge < -0.3 is 10.4 Å². The number of halogens is 3. The number of benzene rings is 1. The number of aliphatic carboxylic acids is 1. The molecule has 0 aliphatic carbocycles. The summed E-state index contributed by atoms with van der Waals surface area (Å²) in [6, 6.07) is 14.2. The van der Waals surface area contributed by atoms with E-state index < -0.39 is 12.1 Å². The summed E-state index contributed by atoms with van der Waals surface area (Å²) in [5, 5.41) is 11.3. The number of nitrogens with zero attached hydrogens (tertiary/aromatic N) is 3. The van der Waals surface area contributed by atoms with E-state index in [4.69, 9.17) is 14.9 Å². The molecule has 2 aromatic heterocycles. The molecule has 1 saturated heterocycles. The van der Waals surface area contributed by atoms with E-state index in [1.54, 1.807) is 6.20 Å². The van der Waals surface area contributed by atoms with Crippen molar-refractivity contribution >= 4 is 23.2 Å². The summed E-state index contributed by atoms with van der Waals surface area (Å²) in [4.78, 5) is 33.8. The standard InChI is InChI=1S/C21H20N4OS.C2HF3O2/c26-19-17-18(23-20(27-17)16-6-2-1-3-7-16)21(24-19)8-11-25(12-9-21)14-15-5-4-10-22-13-15;3-2(4,5)1(6)7/h1-7,10,13H,8-9,11-12,14H2,(H,24,26);(H,6,7). The average molecular weight is 491 g/mol. The predicted molar refractivity (Wildman–Crippen MR) is 119 cm³/mol. The normalized spacial score (nSPS) is 17.0. The average Bonchev–Trinajstić information content (AvgIpc) is 3.37. The first-order valence-corrected chi connectivity index (χ1v) is 11.3. The van der Waals surface area contributed by atoms with Gasteiger partial charge in [0.25, 0.3) is 5.91 Å². The van der Waals surface area contributed by atoms with Crippen LogP contribution in [-0.4, -0.2) is 51.1 Å². The Morgan fingerprint density at radius 2 is 1.82 bits per heavy atom. The number of rotatable bonds is 3. The highest BCUT2D eigenvalue weighted by atomic mass is 32.1. The Morgan fingerprint density at radius 1 is 1.15 bits per heavy atom. The number of amides is 1. The molecule has 34 heavy (non-hydrogen) atoms. The molecule has 178 valence electrons. The molecule has 1 spiro atoms. The Bertz CT molecular complexity index is 1160. The molecule has 5 rings (SSSR count). The molecule has 1 amide bonds. The van der Waals surface area contributed by atoms with Crippen LogP contribution in [0.3, 0.4) is 0 Å². The van der Waals surface area contributed by atoms with Gasteiger partial charge in [0.1, 0.15) is 9.88 Å². The number of carboxylic acids is 1. The van der Waals surface area contributed by atoms with E-state index in [1.807, 2.05) is 30.5 Å². The summed E-state index contributed by atoms with van der Waals surface area (Å²) < 4.78 is 31.7. The number of thiazole rings is 1. The number of hydrogen-bond donors (Lipinski definition) is 2. The Morgan fingerprint density at radius 3 is 2.41 bits per heavy atom. The minimum absolute atomic E-state index is 0.0328. The molecule has 1 aromatic carbocycles. The number of piperidine rings is 1. The second-order valence-corrected chi connectivity index (χ2v) is 9.04. The van der Waals surface area contributed by atoms with E-state index in [9.17, 15) is 18.0 Å². The lowest BCUT2D eigenvalue weighted by atomic mass is 9.86. The van der Waals surface area contributed by atoms with Crippen molar-refractivity contribution in [3.05, 3.63) is 71.0 Å². The van der Waals surface area contributed by atoms with Crippen LogP contribution in [0.2, 0.25) is 0 Å². The summed E-state index contributed by atoms with van der Waals surface area (Å²) in [5.41, 5.74) is 2.96. The number of carbonyl (C=O) groups is 2. The highest BCUT2D eigenvalue weighted by Crippen LogP contribution is 2.43. The molecule has 0 radical (unpaired) electrons.